The predicted octanol–water partition coefficient (Wildman–Crippen LogP) is 5.28. The van der Waals surface area contributed by atoms with E-state index in [-0.39, 0.29) is 22.2 Å². The van der Waals surface area contributed by atoms with E-state index < -0.39 is 11.6 Å². The minimum atomic E-state index is -0.720. The highest BCUT2D eigenvalue weighted by atomic mass is 79.9. The lowest BCUT2D eigenvalue weighted by molar-refractivity contribution is 0.0990. The van der Waals surface area contributed by atoms with E-state index in [4.69, 9.17) is 0 Å². The summed E-state index contributed by atoms with van der Waals surface area (Å²) in [4.78, 5) is 12.2. The zero-order valence-corrected chi connectivity index (χ0v) is 13.4. The van der Waals surface area contributed by atoms with Crippen LogP contribution in [0.15, 0.2) is 40.9 Å². The Morgan fingerprint density at radius 2 is 1.71 bits per heavy atom. The fourth-order valence-electron chi connectivity index (χ4n) is 2.05. The third-order valence-electron chi connectivity index (χ3n) is 3.38. The van der Waals surface area contributed by atoms with E-state index in [9.17, 15) is 13.6 Å². The van der Waals surface area contributed by atoms with Crippen LogP contribution in [0.4, 0.5) is 8.78 Å². The standard InChI is InChI=1S/C17H15BrF2O/c1-10(2)11-3-5-12(6-4-11)16(21)9-13-15(19)8-7-14(18)17(13)20/h3-8,10H,9H2,1-2H3. The van der Waals surface area contributed by atoms with Gasteiger partial charge in [-0.2, -0.15) is 0 Å². The van der Waals surface area contributed by atoms with Gasteiger partial charge in [0.2, 0.25) is 0 Å². The first-order valence-corrected chi connectivity index (χ1v) is 7.45. The molecule has 0 atom stereocenters. The van der Waals surface area contributed by atoms with E-state index in [0.29, 0.717) is 11.5 Å². The Morgan fingerprint density at radius 1 is 1.10 bits per heavy atom. The molecular formula is C17H15BrF2O. The molecule has 21 heavy (non-hydrogen) atoms. The van der Waals surface area contributed by atoms with Gasteiger partial charge < -0.3 is 0 Å². The molecule has 1 nitrogen and oxygen atoms in total. The fourth-order valence-corrected chi connectivity index (χ4v) is 2.42. The van der Waals surface area contributed by atoms with Gasteiger partial charge in [-0.05, 0) is 39.5 Å². The van der Waals surface area contributed by atoms with Crippen LogP contribution in [0.3, 0.4) is 0 Å². The zero-order valence-electron chi connectivity index (χ0n) is 11.8. The Kier molecular flexibility index (Phi) is 4.88. The maximum Gasteiger partial charge on any atom is 0.167 e. The molecule has 0 radical (unpaired) electrons. The molecule has 2 rings (SSSR count). The Morgan fingerprint density at radius 3 is 2.29 bits per heavy atom. The van der Waals surface area contributed by atoms with Crippen LogP contribution in [0.25, 0.3) is 0 Å². The highest BCUT2D eigenvalue weighted by Crippen LogP contribution is 2.23. The van der Waals surface area contributed by atoms with Gasteiger partial charge in [-0.25, -0.2) is 8.78 Å². The van der Waals surface area contributed by atoms with Crippen LogP contribution in [-0.4, -0.2) is 5.78 Å². The summed E-state index contributed by atoms with van der Waals surface area (Å²) < 4.78 is 27.7. The minimum Gasteiger partial charge on any atom is -0.294 e. The van der Waals surface area contributed by atoms with Crippen LogP contribution < -0.4 is 0 Å². The molecule has 0 amide bonds. The summed E-state index contributed by atoms with van der Waals surface area (Å²) in [7, 11) is 0. The van der Waals surface area contributed by atoms with Crippen molar-refractivity contribution in [2.45, 2.75) is 26.2 Å². The van der Waals surface area contributed by atoms with Crippen molar-refractivity contribution in [3.05, 3.63) is 69.2 Å². The monoisotopic (exact) mass is 352 g/mol. The van der Waals surface area contributed by atoms with Gasteiger partial charge in [-0.3, -0.25) is 4.79 Å². The SMILES string of the molecule is CC(C)c1ccc(C(=O)Cc2c(F)ccc(Br)c2F)cc1. The van der Waals surface area contributed by atoms with Crippen molar-refractivity contribution in [1.82, 2.24) is 0 Å². The number of benzene rings is 2. The van der Waals surface area contributed by atoms with Crippen LogP contribution in [0, 0.1) is 11.6 Å². The van der Waals surface area contributed by atoms with E-state index in [2.05, 4.69) is 29.8 Å². The molecule has 0 aromatic heterocycles. The molecule has 0 saturated carbocycles. The summed E-state index contributed by atoms with van der Waals surface area (Å²) in [6.45, 7) is 4.12. The Bertz CT molecular complexity index is 663. The van der Waals surface area contributed by atoms with Crippen molar-refractivity contribution in [3.8, 4) is 0 Å². The van der Waals surface area contributed by atoms with Crippen LogP contribution in [0.2, 0.25) is 0 Å². The van der Waals surface area contributed by atoms with Gasteiger partial charge in [0.05, 0.1) is 4.47 Å². The number of rotatable bonds is 4. The zero-order chi connectivity index (χ0) is 15.6. The second-order valence-corrected chi connectivity index (χ2v) is 6.05. The maximum absolute atomic E-state index is 13.9. The van der Waals surface area contributed by atoms with Crippen molar-refractivity contribution in [1.29, 1.82) is 0 Å². The van der Waals surface area contributed by atoms with E-state index in [1.807, 2.05) is 12.1 Å². The molecule has 2 aromatic rings. The van der Waals surface area contributed by atoms with Crippen molar-refractivity contribution in [2.24, 2.45) is 0 Å². The molecule has 0 fully saturated rings. The van der Waals surface area contributed by atoms with Crippen molar-refractivity contribution < 1.29 is 13.6 Å². The normalized spacial score (nSPS) is 11.0. The molecule has 0 aliphatic rings. The van der Waals surface area contributed by atoms with Crippen molar-refractivity contribution in [3.63, 3.8) is 0 Å². The molecule has 0 spiro atoms. The Balaban J connectivity index is 2.24. The van der Waals surface area contributed by atoms with Crippen LogP contribution in [-0.2, 0) is 6.42 Å². The van der Waals surface area contributed by atoms with E-state index in [1.165, 1.54) is 6.07 Å². The number of halogens is 3. The lowest BCUT2D eigenvalue weighted by Gasteiger charge is -2.08. The quantitative estimate of drug-likeness (QED) is 0.540. The van der Waals surface area contributed by atoms with E-state index in [0.717, 1.165) is 11.6 Å². The first kappa shape index (κ1) is 15.8. The van der Waals surface area contributed by atoms with Crippen LogP contribution >= 0.6 is 15.9 Å². The Labute approximate surface area is 131 Å². The summed E-state index contributed by atoms with van der Waals surface area (Å²) in [6, 6.07) is 9.57. The first-order valence-electron chi connectivity index (χ1n) is 6.65. The molecule has 0 unspecified atom stereocenters. The molecule has 0 N–H and O–H groups in total. The lowest BCUT2D eigenvalue weighted by atomic mass is 9.98. The number of carbonyl (C=O) groups excluding carboxylic acids is 1. The summed E-state index contributed by atoms with van der Waals surface area (Å²) in [5.74, 6) is -1.36. The molecule has 0 aliphatic heterocycles. The summed E-state index contributed by atoms with van der Waals surface area (Å²) in [6.07, 6.45) is -0.294. The van der Waals surface area contributed by atoms with Gasteiger partial charge in [0, 0.05) is 17.5 Å². The topological polar surface area (TPSA) is 17.1 Å². The summed E-state index contributed by atoms with van der Waals surface area (Å²) in [5.41, 5.74) is 1.37. The molecule has 0 saturated heterocycles. The second kappa shape index (κ2) is 6.48. The first-order chi connectivity index (χ1) is 9.90. The lowest BCUT2D eigenvalue weighted by Crippen LogP contribution is -2.08. The van der Waals surface area contributed by atoms with Gasteiger partial charge in [0.1, 0.15) is 11.6 Å². The van der Waals surface area contributed by atoms with Crippen LogP contribution in [0.5, 0.6) is 0 Å². The Hall–Kier alpha value is -1.55. The fraction of sp³-hybridized carbons (Fsp3) is 0.235. The van der Waals surface area contributed by atoms with Crippen LogP contribution in [0.1, 0.15) is 41.3 Å². The number of hydrogen-bond acceptors (Lipinski definition) is 1. The van der Waals surface area contributed by atoms with E-state index in [1.54, 1.807) is 12.1 Å². The molecule has 4 heteroatoms. The third kappa shape index (κ3) is 3.56. The summed E-state index contributed by atoms with van der Waals surface area (Å²) in [5, 5.41) is 0. The number of hydrogen-bond donors (Lipinski definition) is 0. The molecule has 0 heterocycles. The minimum absolute atomic E-state index is 0.154. The summed E-state index contributed by atoms with van der Waals surface area (Å²) >= 11 is 3.00. The number of Topliss-reactive ketones (excluding diaryl/α,β-unsaturated/α-hetero) is 1. The predicted molar refractivity (Wildman–Crippen MR) is 82.6 cm³/mol. The van der Waals surface area contributed by atoms with E-state index >= 15 is 0 Å². The molecule has 0 aliphatic carbocycles. The highest BCUT2D eigenvalue weighted by Gasteiger charge is 2.17. The third-order valence-corrected chi connectivity index (χ3v) is 3.99. The highest BCUT2D eigenvalue weighted by molar-refractivity contribution is 9.10. The smallest absolute Gasteiger partial charge is 0.167 e. The maximum atomic E-state index is 13.9. The van der Waals surface area contributed by atoms with Gasteiger partial charge >= 0.3 is 0 Å². The van der Waals surface area contributed by atoms with Gasteiger partial charge in [0.25, 0.3) is 0 Å². The van der Waals surface area contributed by atoms with Gasteiger partial charge in [-0.15, -0.1) is 0 Å². The van der Waals surface area contributed by atoms with Crippen molar-refractivity contribution >= 4 is 21.7 Å². The van der Waals surface area contributed by atoms with Crippen molar-refractivity contribution in [2.75, 3.05) is 0 Å². The molecule has 2 aromatic carbocycles. The average molecular weight is 353 g/mol. The second-order valence-electron chi connectivity index (χ2n) is 5.20. The molecular weight excluding hydrogens is 338 g/mol. The number of ketones is 1. The van der Waals surface area contributed by atoms with Gasteiger partial charge in [-0.1, -0.05) is 38.1 Å². The number of carbonyl (C=O) groups is 1. The molecule has 110 valence electrons. The molecule has 0 bridgehead atoms. The van der Waals surface area contributed by atoms with Gasteiger partial charge in [0.15, 0.2) is 5.78 Å². The average Bonchev–Trinajstić information content (AvgIpc) is 2.47. The largest absolute Gasteiger partial charge is 0.294 e.